The van der Waals surface area contributed by atoms with Gasteiger partial charge in [0.05, 0.1) is 4.90 Å². The van der Waals surface area contributed by atoms with Crippen molar-refractivity contribution in [2.75, 3.05) is 0 Å². The van der Waals surface area contributed by atoms with Crippen LogP contribution in [0.25, 0.3) is 11.1 Å². The molecule has 3 nitrogen and oxygen atoms in total. The van der Waals surface area contributed by atoms with Crippen LogP contribution in [0.3, 0.4) is 0 Å². The van der Waals surface area contributed by atoms with Crippen molar-refractivity contribution < 1.29 is 51.3 Å². The molecule has 0 fully saturated rings. The van der Waals surface area contributed by atoms with Crippen molar-refractivity contribution in [3.63, 3.8) is 0 Å². The van der Waals surface area contributed by atoms with E-state index in [1.54, 1.807) is 0 Å². The van der Waals surface area contributed by atoms with E-state index < -0.39 is 26.6 Å². The van der Waals surface area contributed by atoms with E-state index >= 15 is 0 Å². The van der Waals surface area contributed by atoms with Crippen molar-refractivity contribution in [3.8, 4) is 11.1 Å². The van der Waals surface area contributed by atoms with Crippen molar-refractivity contribution >= 4 is 10.1 Å². The van der Waals surface area contributed by atoms with Crippen LogP contribution in [0.15, 0.2) is 47.4 Å². The summed E-state index contributed by atoms with van der Waals surface area (Å²) in [6.07, 6.45) is 0. The summed E-state index contributed by atoms with van der Waals surface area (Å²) < 4.78 is 58.4. The largest absolute Gasteiger partial charge is 1.00 e. The third kappa shape index (κ3) is 3.84. The maximum Gasteiger partial charge on any atom is 1.00 e. The molecule has 0 bridgehead atoms. The summed E-state index contributed by atoms with van der Waals surface area (Å²) in [5.74, 6) is -1.55. The molecule has 19 heavy (non-hydrogen) atoms. The zero-order valence-electron chi connectivity index (χ0n) is 9.93. The van der Waals surface area contributed by atoms with Gasteiger partial charge in [0.2, 0.25) is 0 Å². The van der Waals surface area contributed by atoms with Crippen LogP contribution in [-0.2, 0) is 10.1 Å². The minimum atomic E-state index is -4.87. The first-order chi connectivity index (χ1) is 8.38. The Kier molecular flexibility index (Phi) is 5.23. The van der Waals surface area contributed by atoms with Crippen LogP contribution in [0.2, 0.25) is 0 Å². The van der Waals surface area contributed by atoms with Gasteiger partial charge in [0.15, 0.2) is 0 Å². The normalized spacial score (nSPS) is 10.9. The Balaban J connectivity index is 0.00000180. The van der Waals surface area contributed by atoms with Crippen LogP contribution < -0.4 is 29.6 Å². The second-order valence-corrected chi connectivity index (χ2v) is 4.95. The molecular weight excluding hydrogens is 285 g/mol. The molecule has 0 aliphatic carbocycles. The third-order valence-electron chi connectivity index (χ3n) is 2.38. The fraction of sp³-hybridized carbons (Fsp3) is 0. The van der Waals surface area contributed by atoms with Gasteiger partial charge in [0, 0.05) is 0 Å². The Morgan fingerprint density at radius 1 is 0.895 bits per heavy atom. The van der Waals surface area contributed by atoms with Crippen molar-refractivity contribution in [2.24, 2.45) is 0 Å². The summed E-state index contributed by atoms with van der Waals surface area (Å²) >= 11 is 0. The first-order valence-corrected chi connectivity index (χ1v) is 6.30. The number of halogens is 2. The summed E-state index contributed by atoms with van der Waals surface area (Å²) in [6, 6.07) is 8.33. The zero-order valence-corrected chi connectivity index (χ0v) is 12.7. The van der Waals surface area contributed by atoms with Gasteiger partial charge in [-0.3, -0.25) is 0 Å². The molecule has 0 N–H and O–H groups in total. The molecule has 2 aromatic carbocycles. The molecule has 0 amide bonds. The summed E-state index contributed by atoms with van der Waals surface area (Å²) in [5.41, 5.74) is 0.812. The Morgan fingerprint density at radius 3 is 1.95 bits per heavy atom. The number of benzene rings is 2. The molecular formula is C12H7F2NaO3S. The van der Waals surface area contributed by atoms with Crippen LogP contribution >= 0.6 is 0 Å². The van der Waals surface area contributed by atoms with Gasteiger partial charge in [-0.2, -0.15) is 0 Å². The van der Waals surface area contributed by atoms with E-state index in [2.05, 4.69) is 0 Å². The molecule has 2 aromatic rings. The van der Waals surface area contributed by atoms with Crippen molar-refractivity contribution in [1.29, 1.82) is 0 Å². The summed E-state index contributed by atoms with van der Waals surface area (Å²) in [7, 11) is -4.87. The maximum atomic E-state index is 13.2. The fourth-order valence-electron chi connectivity index (χ4n) is 1.52. The third-order valence-corrected chi connectivity index (χ3v) is 3.23. The Bertz CT molecular complexity index is 685. The van der Waals surface area contributed by atoms with Crippen LogP contribution in [0, 0.1) is 11.6 Å². The molecule has 0 aliphatic rings. The van der Waals surface area contributed by atoms with E-state index in [1.807, 2.05) is 0 Å². The van der Waals surface area contributed by atoms with Gasteiger partial charge >= 0.3 is 29.6 Å². The molecule has 7 heteroatoms. The standard InChI is InChI=1S/C12H8F2O3S.Na/c13-10-4-1-8(2-5-10)9-3-6-11(14)12(7-9)18(15,16)17;/h1-7H,(H,15,16,17);/q;+1/p-1. The number of rotatable bonds is 2. The number of hydrogen-bond acceptors (Lipinski definition) is 3. The van der Waals surface area contributed by atoms with Gasteiger partial charge < -0.3 is 4.55 Å². The average Bonchev–Trinajstić information content (AvgIpc) is 2.29. The van der Waals surface area contributed by atoms with Crippen molar-refractivity contribution in [3.05, 3.63) is 54.1 Å². The second kappa shape index (κ2) is 6.11. The summed E-state index contributed by atoms with van der Waals surface area (Å²) in [5, 5.41) is 0. The molecule has 0 radical (unpaired) electrons. The average molecular weight is 292 g/mol. The maximum absolute atomic E-state index is 13.2. The topological polar surface area (TPSA) is 57.2 Å². The SMILES string of the molecule is O=S(=O)([O-])c1cc(-c2ccc(F)cc2)ccc1F.[Na+]. The Labute approximate surface area is 131 Å². The predicted molar refractivity (Wildman–Crippen MR) is 59.8 cm³/mol. The van der Waals surface area contributed by atoms with E-state index in [4.69, 9.17) is 0 Å². The zero-order chi connectivity index (χ0) is 13.3. The summed E-state index contributed by atoms with van der Waals surface area (Å²) in [6.45, 7) is 0. The molecule has 0 atom stereocenters. The molecule has 0 aliphatic heterocycles. The smallest absolute Gasteiger partial charge is 0.744 e. The minimum Gasteiger partial charge on any atom is -0.744 e. The van der Waals surface area contributed by atoms with Gasteiger partial charge in [-0.25, -0.2) is 17.2 Å². The molecule has 0 aromatic heterocycles. The van der Waals surface area contributed by atoms with Gasteiger partial charge in [-0.1, -0.05) is 18.2 Å². The minimum absolute atomic E-state index is 0. The van der Waals surface area contributed by atoms with Crippen LogP contribution in [-0.4, -0.2) is 13.0 Å². The molecule has 0 saturated heterocycles. The molecule has 94 valence electrons. The number of hydrogen-bond donors (Lipinski definition) is 0. The van der Waals surface area contributed by atoms with Crippen LogP contribution in [0.5, 0.6) is 0 Å². The monoisotopic (exact) mass is 292 g/mol. The molecule has 2 rings (SSSR count). The molecule has 0 spiro atoms. The second-order valence-electron chi connectivity index (χ2n) is 3.61. The van der Waals surface area contributed by atoms with Gasteiger partial charge in [0.1, 0.15) is 21.8 Å². The predicted octanol–water partition coefficient (Wildman–Crippen LogP) is -0.460. The van der Waals surface area contributed by atoms with Crippen LogP contribution in [0.4, 0.5) is 8.78 Å². The molecule has 0 saturated carbocycles. The van der Waals surface area contributed by atoms with Crippen molar-refractivity contribution in [1.82, 2.24) is 0 Å². The quantitative estimate of drug-likeness (QED) is 0.556. The Morgan fingerprint density at radius 2 is 1.42 bits per heavy atom. The molecule has 0 heterocycles. The van der Waals surface area contributed by atoms with E-state index in [9.17, 15) is 21.8 Å². The van der Waals surface area contributed by atoms with E-state index in [-0.39, 0.29) is 29.6 Å². The van der Waals surface area contributed by atoms with Gasteiger partial charge in [-0.15, -0.1) is 0 Å². The van der Waals surface area contributed by atoms with E-state index in [0.717, 1.165) is 12.1 Å². The first kappa shape index (κ1) is 16.3. The van der Waals surface area contributed by atoms with E-state index in [1.165, 1.54) is 30.3 Å². The summed E-state index contributed by atoms with van der Waals surface area (Å²) in [4.78, 5) is -0.913. The first-order valence-electron chi connectivity index (χ1n) is 4.89. The van der Waals surface area contributed by atoms with Crippen molar-refractivity contribution in [2.45, 2.75) is 4.90 Å². The van der Waals surface area contributed by atoms with Crippen LogP contribution in [0.1, 0.15) is 0 Å². The Hall–Kier alpha value is -0.790. The van der Waals surface area contributed by atoms with Gasteiger partial charge in [-0.05, 0) is 35.4 Å². The van der Waals surface area contributed by atoms with E-state index in [0.29, 0.717) is 11.1 Å². The fourth-order valence-corrected chi connectivity index (χ4v) is 2.10. The van der Waals surface area contributed by atoms with Gasteiger partial charge in [0.25, 0.3) is 0 Å². The molecule has 0 unspecified atom stereocenters.